The molecule has 0 aromatic heterocycles. The molecule has 0 bridgehead atoms. The van der Waals surface area contributed by atoms with Crippen molar-refractivity contribution in [3.05, 3.63) is 23.3 Å². The van der Waals surface area contributed by atoms with E-state index in [9.17, 15) is 9.90 Å². The van der Waals surface area contributed by atoms with Crippen LogP contribution in [0.1, 0.15) is 17.0 Å². The smallest absolute Gasteiger partial charge is 0.313 e. The zero-order valence-corrected chi connectivity index (χ0v) is 9.73. The lowest BCUT2D eigenvalue weighted by molar-refractivity contribution is -0.140. The molecule has 92 valence electrons. The lowest BCUT2D eigenvalue weighted by atomic mass is 9.95. The molecule has 5 nitrogen and oxygen atoms in total. The van der Waals surface area contributed by atoms with Crippen molar-refractivity contribution in [1.29, 1.82) is 0 Å². The number of aryl methyl sites for hydroxylation is 1. The SMILES string of the molecule is COCC(C(=O)O)c1cc2c(cc1C)OCO2. The normalized spacial score (nSPS) is 14.7. The molecule has 1 aliphatic heterocycles. The Bertz CT molecular complexity index is 441. The molecule has 1 atom stereocenters. The fourth-order valence-electron chi connectivity index (χ4n) is 1.90. The van der Waals surface area contributed by atoms with E-state index in [2.05, 4.69) is 0 Å². The molecular weight excluding hydrogens is 224 g/mol. The number of methoxy groups -OCH3 is 1. The first-order valence-corrected chi connectivity index (χ1v) is 5.25. The summed E-state index contributed by atoms with van der Waals surface area (Å²) in [6, 6.07) is 3.51. The van der Waals surface area contributed by atoms with E-state index >= 15 is 0 Å². The van der Waals surface area contributed by atoms with Gasteiger partial charge in [0.15, 0.2) is 11.5 Å². The topological polar surface area (TPSA) is 65.0 Å². The third kappa shape index (κ3) is 2.19. The van der Waals surface area contributed by atoms with Gasteiger partial charge in [0.25, 0.3) is 0 Å². The zero-order chi connectivity index (χ0) is 12.4. The molecule has 0 spiro atoms. The van der Waals surface area contributed by atoms with Crippen molar-refractivity contribution >= 4 is 5.97 Å². The highest BCUT2D eigenvalue weighted by molar-refractivity contribution is 5.77. The van der Waals surface area contributed by atoms with Crippen LogP contribution in [0.5, 0.6) is 11.5 Å². The summed E-state index contributed by atoms with van der Waals surface area (Å²) in [5.41, 5.74) is 1.56. The highest BCUT2D eigenvalue weighted by Crippen LogP contribution is 2.37. The molecular formula is C12H14O5. The Hall–Kier alpha value is -1.75. The molecule has 1 aromatic rings. The van der Waals surface area contributed by atoms with Gasteiger partial charge in [-0.15, -0.1) is 0 Å². The van der Waals surface area contributed by atoms with Gasteiger partial charge >= 0.3 is 5.97 Å². The highest BCUT2D eigenvalue weighted by atomic mass is 16.7. The average Bonchev–Trinajstić information content (AvgIpc) is 2.71. The summed E-state index contributed by atoms with van der Waals surface area (Å²) in [4.78, 5) is 11.2. The van der Waals surface area contributed by atoms with Crippen LogP contribution in [0, 0.1) is 6.92 Å². The zero-order valence-electron chi connectivity index (χ0n) is 9.73. The van der Waals surface area contributed by atoms with Gasteiger partial charge in [-0.25, -0.2) is 0 Å². The van der Waals surface area contributed by atoms with Crippen LogP contribution in [-0.2, 0) is 9.53 Å². The first-order chi connectivity index (χ1) is 8.13. The maximum Gasteiger partial charge on any atom is 0.313 e. The first-order valence-electron chi connectivity index (χ1n) is 5.25. The average molecular weight is 238 g/mol. The molecule has 0 amide bonds. The predicted molar refractivity (Wildman–Crippen MR) is 59.6 cm³/mol. The second-order valence-corrected chi connectivity index (χ2v) is 3.91. The molecule has 1 N–H and O–H groups in total. The van der Waals surface area contributed by atoms with Crippen LogP contribution < -0.4 is 9.47 Å². The maximum absolute atomic E-state index is 11.2. The first kappa shape index (κ1) is 11.7. The van der Waals surface area contributed by atoms with Crippen molar-refractivity contribution in [1.82, 2.24) is 0 Å². The molecule has 0 radical (unpaired) electrons. The van der Waals surface area contributed by atoms with Crippen LogP contribution in [-0.4, -0.2) is 31.6 Å². The van der Waals surface area contributed by atoms with E-state index in [0.29, 0.717) is 17.1 Å². The fourth-order valence-corrected chi connectivity index (χ4v) is 1.90. The molecule has 17 heavy (non-hydrogen) atoms. The van der Waals surface area contributed by atoms with Crippen LogP contribution in [0.4, 0.5) is 0 Å². The van der Waals surface area contributed by atoms with Gasteiger partial charge in [0.2, 0.25) is 6.79 Å². The largest absolute Gasteiger partial charge is 0.481 e. The summed E-state index contributed by atoms with van der Waals surface area (Å²) < 4.78 is 15.4. The molecule has 0 saturated heterocycles. The third-order valence-electron chi connectivity index (χ3n) is 2.77. The molecule has 1 aromatic carbocycles. The van der Waals surface area contributed by atoms with Gasteiger partial charge in [0.05, 0.1) is 6.61 Å². The summed E-state index contributed by atoms with van der Waals surface area (Å²) in [6.07, 6.45) is 0. The molecule has 5 heteroatoms. The number of ether oxygens (including phenoxy) is 3. The van der Waals surface area contributed by atoms with Crippen molar-refractivity contribution in [3.8, 4) is 11.5 Å². The molecule has 0 saturated carbocycles. The van der Waals surface area contributed by atoms with Gasteiger partial charge < -0.3 is 19.3 Å². The summed E-state index contributed by atoms with van der Waals surface area (Å²) >= 11 is 0. The molecule has 0 aliphatic carbocycles. The Balaban J connectivity index is 2.39. The molecule has 2 rings (SSSR count). The Kier molecular flexibility index (Phi) is 3.19. The molecule has 1 unspecified atom stereocenters. The number of hydrogen-bond donors (Lipinski definition) is 1. The highest BCUT2D eigenvalue weighted by Gasteiger charge is 2.25. The number of hydrogen-bond acceptors (Lipinski definition) is 4. The van der Waals surface area contributed by atoms with Gasteiger partial charge in [0.1, 0.15) is 5.92 Å². The monoisotopic (exact) mass is 238 g/mol. The Labute approximate surface area is 98.9 Å². The number of carboxylic acids is 1. The minimum atomic E-state index is -0.909. The summed E-state index contributed by atoms with van der Waals surface area (Å²) in [7, 11) is 1.48. The van der Waals surface area contributed by atoms with Crippen molar-refractivity contribution in [2.75, 3.05) is 20.5 Å². The second-order valence-electron chi connectivity index (χ2n) is 3.91. The van der Waals surface area contributed by atoms with E-state index in [4.69, 9.17) is 14.2 Å². The lowest BCUT2D eigenvalue weighted by Gasteiger charge is -2.15. The van der Waals surface area contributed by atoms with Crippen LogP contribution >= 0.6 is 0 Å². The number of benzene rings is 1. The van der Waals surface area contributed by atoms with E-state index in [0.717, 1.165) is 5.56 Å². The third-order valence-corrected chi connectivity index (χ3v) is 2.77. The van der Waals surface area contributed by atoms with E-state index in [1.807, 2.05) is 6.92 Å². The summed E-state index contributed by atoms with van der Waals surface area (Å²) in [5, 5.41) is 9.18. The van der Waals surface area contributed by atoms with Crippen molar-refractivity contribution in [2.45, 2.75) is 12.8 Å². The van der Waals surface area contributed by atoms with Gasteiger partial charge in [-0.05, 0) is 30.2 Å². The predicted octanol–water partition coefficient (Wildman–Crippen LogP) is 1.54. The van der Waals surface area contributed by atoms with Gasteiger partial charge in [-0.2, -0.15) is 0 Å². The van der Waals surface area contributed by atoms with E-state index in [1.54, 1.807) is 12.1 Å². The van der Waals surface area contributed by atoms with Crippen molar-refractivity contribution in [2.24, 2.45) is 0 Å². The number of carboxylic acid groups (broad SMARTS) is 1. The number of aliphatic carboxylic acids is 1. The standard InChI is InChI=1S/C12H14O5/c1-7-3-10-11(17-6-16-10)4-8(7)9(5-15-2)12(13)14/h3-4,9H,5-6H2,1-2H3,(H,13,14). The van der Waals surface area contributed by atoms with E-state index in [-0.39, 0.29) is 13.4 Å². The van der Waals surface area contributed by atoms with Crippen LogP contribution in [0.25, 0.3) is 0 Å². The second kappa shape index (κ2) is 4.63. The van der Waals surface area contributed by atoms with E-state index < -0.39 is 11.9 Å². The fraction of sp³-hybridized carbons (Fsp3) is 0.417. The maximum atomic E-state index is 11.2. The Morgan fingerprint density at radius 3 is 2.71 bits per heavy atom. The van der Waals surface area contributed by atoms with Crippen LogP contribution in [0.3, 0.4) is 0 Å². The van der Waals surface area contributed by atoms with Crippen LogP contribution in [0.15, 0.2) is 12.1 Å². The number of rotatable bonds is 4. The minimum absolute atomic E-state index is 0.135. The van der Waals surface area contributed by atoms with Gasteiger partial charge in [-0.3, -0.25) is 4.79 Å². The van der Waals surface area contributed by atoms with Crippen LogP contribution in [0.2, 0.25) is 0 Å². The van der Waals surface area contributed by atoms with Crippen molar-refractivity contribution in [3.63, 3.8) is 0 Å². The Morgan fingerprint density at radius 1 is 1.47 bits per heavy atom. The molecule has 1 heterocycles. The lowest BCUT2D eigenvalue weighted by Crippen LogP contribution is -2.18. The summed E-state index contributed by atoms with van der Waals surface area (Å²) in [5.74, 6) is -0.343. The number of fused-ring (bicyclic) bond motifs is 1. The molecule has 0 fully saturated rings. The molecule has 1 aliphatic rings. The van der Waals surface area contributed by atoms with E-state index in [1.165, 1.54) is 7.11 Å². The summed E-state index contributed by atoms with van der Waals surface area (Å²) in [6.45, 7) is 2.17. The number of carbonyl (C=O) groups is 1. The van der Waals surface area contributed by atoms with Gasteiger partial charge in [-0.1, -0.05) is 0 Å². The van der Waals surface area contributed by atoms with Crippen molar-refractivity contribution < 1.29 is 24.1 Å². The van der Waals surface area contributed by atoms with Gasteiger partial charge in [0, 0.05) is 7.11 Å². The Morgan fingerprint density at radius 2 is 2.12 bits per heavy atom. The quantitative estimate of drug-likeness (QED) is 0.861. The minimum Gasteiger partial charge on any atom is -0.481 e.